The Bertz CT molecular complexity index is 1040. The van der Waals surface area contributed by atoms with Gasteiger partial charge in [-0.3, -0.25) is 19.7 Å². The lowest BCUT2D eigenvalue weighted by Crippen LogP contribution is -2.52. The van der Waals surface area contributed by atoms with E-state index in [-0.39, 0.29) is 31.6 Å². The lowest BCUT2D eigenvalue weighted by Gasteiger charge is -2.29. The molecular weight excluding hydrogens is 363 g/mol. The molecule has 0 spiro atoms. The van der Waals surface area contributed by atoms with Crippen LogP contribution in [0.5, 0.6) is 0 Å². The number of carbonyl (C=O) groups is 3. The van der Waals surface area contributed by atoms with Gasteiger partial charge in [0.25, 0.3) is 5.91 Å². The van der Waals surface area contributed by atoms with Gasteiger partial charge in [-0.2, -0.15) is 0 Å². The standard InChI is InChI=1S/C20H19FN4O3/c21-18-11(3-1-5-14(18)22)9-23-15-6-2-4-12-13(15)10-25(20(12)28)16-7-8-17(26)24-19(16)27/h1-6,16,23H,7-10,22H2,(H,24,26,27)/t16-/m1/s1/i16D. The summed E-state index contributed by atoms with van der Waals surface area (Å²) in [5, 5.41) is 5.25. The van der Waals surface area contributed by atoms with Gasteiger partial charge in [0, 0.05) is 41.9 Å². The quantitative estimate of drug-likeness (QED) is 0.551. The molecule has 3 amide bonds. The Morgan fingerprint density at radius 1 is 1.25 bits per heavy atom. The number of nitrogens with zero attached hydrogens (tertiary/aromatic N) is 1. The summed E-state index contributed by atoms with van der Waals surface area (Å²) in [6.07, 6.45) is -0.0656. The first-order valence-electron chi connectivity index (χ1n) is 9.36. The highest BCUT2D eigenvalue weighted by atomic mass is 19.1. The highest BCUT2D eigenvalue weighted by Gasteiger charge is 2.39. The number of hydrogen-bond donors (Lipinski definition) is 3. The third-order valence-corrected chi connectivity index (χ3v) is 4.98. The topological polar surface area (TPSA) is 105 Å². The van der Waals surface area contributed by atoms with E-state index >= 15 is 0 Å². The largest absolute Gasteiger partial charge is 0.396 e. The van der Waals surface area contributed by atoms with E-state index in [1.54, 1.807) is 30.3 Å². The van der Waals surface area contributed by atoms with Crippen molar-refractivity contribution < 1.29 is 20.1 Å². The molecule has 4 rings (SSSR count). The molecule has 8 heteroatoms. The van der Waals surface area contributed by atoms with E-state index in [0.717, 1.165) is 0 Å². The number of nitrogen functional groups attached to an aromatic ring is 1. The van der Waals surface area contributed by atoms with Crippen LogP contribution in [0.25, 0.3) is 0 Å². The molecule has 0 unspecified atom stereocenters. The summed E-state index contributed by atoms with van der Waals surface area (Å²) >= 11 is 0. The molecule has 2 aromatic carbocycles. The van der Waals surface area contributed by atoms with Crippen LogP contribution in [-0.2, 0) is 22.7 Å². The molecule has 1 atom stereocenters. The van der Waals surface area contributed by atoms with Crippen molar-refractivity contribution in [2.24, 2.45) is 0 Å². The first-order chi connectivity index (χ1) is 13.8. The van der Waals surface area contributed by atoms with E-state index < -0.39 is 29.6 Å². The summed E-state index contributed by atoms with van der Waals surface area (Å²) in [5.74, 6) is -2.20. The summed E-state index contributed by atoms with van der Waals surface area (Å²) in [5.41, 5.74) is 7.64. The maximum atomic E-state index is 14.1. The monoisotopic (exact) mass is 383 g/mol. The van der Waals surface area contributed by atoms with Crippen LogP contribution in [0.2, 0.25) is 0 Å². The van der Waals surface area contributed by atoms with Crippen molar-refractivity contribution in [2.45, 2.75) is 31.9 Å². The van der Waals surface area contributed by atoms with Crippen molar-refractivity contribution >= 4 is 29.1 Å². The van der Waals surface area contributed by atoms with Crippen LogP contribution in [0, 0.1) is 5.82 Å². The third-order valence-electron chi connectivity index (χ3n) is 4.98. The Kier molecular flexibility index (Phi) is 4.16. The molecule has 2 aromatic rings. The molecule has 2 aliphatic heterocycles. The highest BCUT2D eigenvalue weighted by molar-refractivity contribution is 6.06. The van der Waals surface area contributed by atoms with Crippen LogP contribution < -0.4 is 16.4 Å². The maximum Gasteiger partial charge on any atom is 0.255 e. The number of halogens is 1. The Hall–Kier alpha value is -3.42. The number of nitrogens with two attached hydrogens (primary N) is 1. The van der Waals surface area contributed by atoms with Gasteiger partial charge in [0.1, 0.15) is 6.02 Å². The number of nitrogens with one attached hydrogen (secondary N) is 2. The zero-order valence-corrected chi connectivity index (χ0v) is 14.9. The Balaban J connectivity index is 1.59. The number of carbonyl (C=O) groups excluding carboxylic acids is 3. The second-order valence-corrected chi connectivity index (χ2v) is 6.72. The van der Waals surface area contributed by atoms with E-state index in [4.69, 9.17) is 7.10 Å². The molecule has 0 saturated carbocycles. The number of amides is 3. The van der Waals surface area contributed by atoms with Gasteiger partial charge in [0.15, 0.2) is 5.82 Å². The van der Waals surface area contributed by atoms with E-state index in [9.17, 15) is 18.8 Å². The fraction of sp³-hybridized carbons (Fsp3) is 0.250. The molecule has 1 saturated heterocycles. The zero-order valence-electron chi connectivity index (χ0n) is 15.9. The van der Waals surface area contributed by atoms with Crippen LogP contribution >= 0.6 is 0 Å². The van der Waals surface area contributed by atoms with Crippen LogP contribution in [0.4, 0.5) is 15.8 Å². The highest BCUT2D eigenvalue weighted by Crippen LogP contribution is 2.32. The molecule has 0 radical (unpaired) electrons. The Morgan fingerprint density at radius 2 is 2.04 bits per heavy atom. The van der Waals surface area contributed by atoms with Crippen LogP contribution in [-0.4, -0.2) is 28.6 Å². The molecule has 28 heavy (non-hydrogen) atoms. The number of hydrogen-bond acceptors (Lipinski definition) is 5. The third kappa shape index (κ3) is 3.06. The summed E-state index contributed by atoms with van der Waals surface area (Å²) < 4.78 is 22.7. The average Bonchev–Trinajstić information content (AvgIpc) is 3.04. The normalized spacial score (nSPS) is 22.0. The fourth-order valence-electron chi connectivity index (χ4n) is 3.51. The van der Waals surface area contributed by atoms with Crippen LogP contribution in [0.15, 0.2) is 36.4 Å². The Labute approximate surface area is 162 Å². The molecule has 1 fully saturated rings. The summed E-state index contributed by atoms with van der Waals surface area (Å²) in [6, 6.07) is 7.95. The minimum Gasteiger partial charge on any atom is -0.396 e. The number of benzene rings is 2. The molecule has 0 aliphatic carbocycles. The van der Waals surface area contributed by atoms with Gasteiger partial charge in [0.05, 0.1) is 7.06 Å². The van der Waals surface area contributed by atoms with Gasteiger partial charge in [-0.05, 0) is 24.6 Å². The minimum absolute atomic E-state index is 0.00478. The lowest BCUT2D eigenvalue weighted by molar-refractivity contribution is -0.136. The second kappa shape index (κ2) is 6.95. The minimum atomic E-state index is -1.85. The molecule has 2 heterocycles. The summed E-state index contributed by atoms with van der Waals surface area (Å²) in [7, 11) is 0. The smallest absolute Gasteiger partial charge is 0.255 e. The van der Waals surface area contributed by atoms with Gasteiger partial charge >= 0.3 is 0 Å². The first-order valence-corrected chi connectivity index (χ1v) is 8.86. The number of fused-ring (bicyclic) bond motifs is 1. The molecule has 2 aliphatic rings. The van der Waals surface area contributed by atoms with Crippen LogP contribution in [0.3, 0.4) is 0 Å². The van der Waals surface area contributed by atoms with E-state index in [1.807, 2.05) is 0 Å². The van der Waals surface area contributed by atoms with Crippen molar-refractivity contribution in [3.8, 4) is 0 Å². The van der Waals surface area contributed by atoms with E-state index in [1.165, 1.54) is 11.0 Å². The van der Waals surface area contributed by atoms with E-state index in [2.05, 4.69) is 10.6 Å². The number of rotatable bonds is 4. The number of piperidine rings is 1. The maximum absolute atomic E-state index is 14.1. The van der Waals surface area contributed by atoms with Crippen molar-refractivity contribution in [1.29, 1.82) is 0 Å². The SMILES string of the molecule is [2H][C@@]1(N2Cc3c(NCc4cccc(N)c4F)cccc3C2=O)CCC(=O)NC1=O. The number of anilines is 2. The molecular formula is C20H19FN4O3. The van der Waals surface area contributed by atoms with Gasteiger partial charge in [-0.1, -0.05) is 18.2 Å². The van der Waals surface area contributed by atoms with Crippen molar-refractivity contribution in [2.75, 3.05) is 11.1 Å². The molecule has 0 aromatic heterocycles. The van der Waals surface area contributed by atoms with E-state index in [0.29, 0.717) is 22.4 Å². The number of imide groups is 1. The summed E-state index contributed by atoms with van der Waals surface area (Å²) in [4.78, 5) is 37.8. The van der Waals surface area contributed by atoms with Crippen molar-refractivity contribution in [3.63, 3.8) is 0 Å². The molecule has 0 bridgehead atoms. The Morgan fingerprint density at radius 3 is 2.82 bits per heavy atom. The first kappa shape index (κ1) is 16.7. The van der Waals surface area contributed by atoms with Gasteiger partial charge in [-0.15, -0.1) is 0 Å². The average molecular weight is 383 g/mol. The van der Waals surface area contributed by atoms with Gasteiger partial charge in [0.2, 0.25) is 11.8 Å². The van der Waals surface area contributed by atoms with Gasteiger partial charge in [-0.25, -0.2) is 4.39 Å². The fourth-order valence-corrected chi connectivity index (χ4v) is 3.51. The zero-order chi connectivity index (χ0) is 20.8. The predicted molar refractivity (Wildman–Crippen MR) is 101 cm³/mol. The molecule has 7 nitrogen and oxygen atoms in total. The van der Waals surface area contributed by atoms with Crippen LogP contribution in [0.1, 0.15) is 35.7 Å². The molecule has 144 valence electrons. The lowest BCUT2D eigenvalue weighted by atomic mass is 10.0. The van der Waals surface area contributed by atoms with Crippen molar-refractivity contribution in [1.82, 2.24) is 10.2 Å². The predicted octanol–water partition coefficient (Wildman–Crippen LogP) is 1.78. The van der Waals surface area contributed by atoms with Crippen molar-refractivity contribution in [3.05, 3.63) is 58.9 Å². The summed E-state index contributed by atoms with van der Waals surface area (Å²) in [6.45, 7) is 0.199. The second-order valence-electron chi connectivity index (χ2n) is 6.72. The van der Waals surface area contributed by atoms with Gasteiger partial charge < -0.3 is 16.0 Å². The molecule has 4 N–H and O–H groups in total.